The van der Waals surface area contributed by atoms with Crippen LogP contribution in [0.25, 0.3) is 0 Å². The number of hydrogen-bond donors (Lipinski definition) is 1. The van der Waals surface area contributed by atoms with Crippen molar-refractivity contribution < 1.29 is 9.53 Å². The third-order valence-electron chi connectivity index (χ3n) is 1.65. The fourth-order valence-electron chi connectivity index (χ4n) is 0.848. The SMILES string of the molecule is CCOC(=O)C(C)(N)CSc1nccs1. The lowest BCUT2D eigenvalue weighted by atomic mass is 10.1. The van der Waals surface area contributed by atoms with Crippen molar-refractivity contribution >= 4 is 29.1 Å². The van der Waals surface area contributed by atoms with Crippen LogP contribution in [-0.4, -0.2) is 28.9 Å². The second-order valence-corrected chi connectivity index (χ2v) is 5.34. The van der Waals surface area contributed by atoms with Crippen LogP contribution in [0.3, 0.4) is 0 Å². The molecule has 0 aliphatic carbocycles. The molecule has 1 aromatic rings. The first-order valence-corrected chi connectivity index (χ1v) is 6.41. The lowest BCUT2D eigenvalue weighted by Crippen LogP contribution is -2.48. The zero-order chi connectivity index (χ0) is 11.3. The van der Waals surface area contributed by atoms with Gasteiger partial charge in [-0.2, -0.15) is 0 Å². The molecule has 1 unspecified atom stereocenters. The fourth-order valence-corrected chi connectivity index (χ4v) is 2.50. The zero-order valence-electron chi connectivity index (χ0n) is 8.73. The number of thioether (sulfide) groups is 1. The summed E-state index contributed by atoms with van der Waals surface area (Å²) >= 11 is 3.00. The normalized spacial score (nSPS) is 14.6. The molecule has 1 rings (SSSR count). The number of esters is 1. The van der Waals surface area contributed by atoms with Gasteiger partial charge in [-0.3, -0.25) is 4.79 Å². The van der Waals surface area contributed by atoms with Gasteiger partial charge in [-0.05, 0) is 13.8 Å². The molecule has 0 aliphatic heterocycles. The molecule has 0 spiro atoms. The van der Waals surface area contributed by atoms with Crippen LogP contribution >= 0.6 is 23.1 Å². The second kappa shape index (κ2) is 5.48. The first-order chi connectivity index (χ1) is 7.06. The van der Waals surface area contributed by atoms with E-state index in [0.29, 0.717) is 12.4 Å². The Morgan fingerprint density at radius 1 is 1.80 bits per heavy atom. The molecule has 0 bridgehead atoms. The van der Waals surface area contributed by atoms with Crippen molar-refractivity contribution in [1.82, 2.24) is 4.98 Å². The van der Waals surface area contributed by atoms with E-state index in [-0.39, 0.29) is 5.97 Å². The van der Waals surface area contributed by atoms with Gasteiger partial charge in [-0.25, -0.2) is 4.98 Å². The van der Waals surface area contributed by atoms with E-state index in [1.54, 1.807) is 20.0 Å². The monoisotopic (exact) mass is 246 g/mol. The van der Waals surface area contributed by atoms with Gasteiger partial charge in [0.15, 0.2) is 0 Å². The molecule has 1 heterocycles. The molecule has 0 saturated heterocycles. The maximum Gasteiger partial charge on any atom is 0.326 e. The van der Waals surface area contributed by atoms with Crippen LogP contribution in [0.5, 0.6) is 0 Å². The summed E-state index contributed by atoms with van der Waals surface area (Å²) in [5, 5.41) is 1.89. The molecule has 4 nitrogen and oxygen atoms in total. The third kappa shape index (κ3) is 3.81. The average Bonchev–Trinajstić information content (AvgIpc) is 2.68. The number of carbonyl (C=O) groups is 1. The van der Waals surface area contributed by atoms with Gasteiger partial charge in [-0.15, -0.1) is 11.3 Å². The maximum absolute atomic E-state index is 11.4. The Bertz CT molecular complexity index is 312. The summed E-state index contributed by atoms with van der Waals surface area (Å²) in [6.07, 6.45) is 1.73. The molecular formula is C9H14N2O2S2. The molecule has 84 valence electrons. The van der Waals surface area contributed by atoms with Gasteiger partial charge >= 0.3 is 5.97 Å². The van der Waals surface area contributed by atoms with Crippen LogP contribution in [0.2, 0.25) is 0 Å². The molecule has 1 atom stereocenters. The Kier molecular flexibility index (Phi) is 4.56. The van der Waals surface area contributed by atoms with Gasteiger partial charge in [0.05, 0.1) is 6.61 Å². The quantitative estimate of drug-likeness (QED) is 0.630. The van der Waals surface area contributed by atoms with Gasteiger partial charge in [0, 0.05) is 17.3 Å². The highest BCUT2D eigenvalue weighted by atomic mass is 32.2. The Hall–Kier alpha value is -0.590. The average molecular weight is 246 g/mol. The summed E-state index contributed by atoms with van der Waals surface area (Å²) < 4.78 is 5.80. The standard InChI is InChI=1S/C9H14N2O2S2/c1-3-13-7(12)9(2,10)6-15-8-11-4-5-14-8/h4-5H,3,6,10H2,1-2H3. The van der Waals surface area contributed by atoms with Crippen molar-refractivity contribution in [3.63, 3.8) is 0 Å². The highest BCUT2D eigenvalue weighted by Gasteiger charge is 2.30. The molecule has 0 aliphatic rings. The summed E-state index contributed by atoms with van der Waals surface area (Å²) in [4.78, 5) is 15.5. The van der Waals surface area contributed by atoms with E-state index >= 15 is 0 Å². The van der Waals surface area contributed by atoms with Crippen LogP contribution in [0, 0.1) is 0 Å². The highest BCUT2D eigenvalue weighted by molar-refractivity contribution is 8.01. The van der Waals surface area contributed by atoms with Gasteiger partial charge in [0.1, 0.15) is 9.88 Å². The summed E-state index contributed by atoms with van der Waals surface area (Å²) in [6, 6.07) is 0. The zero-order valence-corrected chi connectivity index (χ0v) is 10.4. The van der Waals surface area contributed by atoms with Crippen LogP contribution in [0.15, 0.2) is 15.9 Å². The van der Waals surface area contributed by atoms with E-state index in [1.807, 2.05) is 5.38 Å². The molecule has 2 N–H and O–H groups in total. The fraction of sp³-hybridized carbons (Fsp3) is 0.556. The number of ether oxygens (including phenoxy) is 1. The van der Waals surface area contributed by atoms with Crippen molar-refractivity contribution in [3.05, 3.63) is 11.6 Å². The van der Waals surface area contributed by atoms with E-state index < -0.39 is 5.54 Å². The Balaban J connectivity index is 2.45. The number of aromatic nitrogens is 1. The van der Waals surface area contributed by atoms with Crippen molar-refractivity contribution in [1.29, 1.82) is 0 Å². The van der Waals surface area contributed by atoms with Crippen molar-refractivity contribution in [3.8, 4) is 0 Å². The van der Waals surface area contributed by atoms with Gasteiger partial charge in [0.25, 0.3) is 0 Å². The summed E-state index contributed by atoms with van der Waals surface area (Å²) in [5.74, 6) is 0.105. The maximum atomic E-state index is 11.4. The molecule has 0 radical (unpaired) electrons. The minimum Gasteiger partial charge on any atom is -0.465 e. The Morgan fingerprint density at radius 2 is 2.53 bits per heavy atom. The predicted octanol–water partition coefficient (Wildman–Crippen LogP) is 1.52. The molecule has 0 fully saturated rings. The number of nitrogens with two attached hydrogens (primary N) is 1. The molecule has 0 amide bonds. The molecular weight excluding hydrogens is 232 g/mol. The van der Waals surface area contributed by atoms with Crippen LogP contribution in [-0.2, 0) is 9.53 Å². The second-order valence-electron chi connectivity index (χ2n) is 3.22. The van der Waals surface area contributed by atoms with Crippen LogP contribution in [0.4, 0.5) is 0 Å². The number of rotatable bonds is 5. The van der Waals surface area contributed by atoms with Crippen molar-refractivity contribution in [2.24, 2.45) is 5.73 Å². The van der Waals surface area contributed by atoms with Crippen molar-refractivity contribution in [2.75, 3.05) is 12.4 Å². The third-order valence-corrected chi connectivity index (χ3v) is 3.95. The van der Waals surface area contributed by atoms with Gasteiger partial charge in [-0.1, -0.05) is 11.8 Å². The first-order valence-electron chi connectivity index (χ1n) is 4.54. The summed E-state index contributed by atoms with van der Waals surface area (Å²) in [6.45, 7) is 3.79. The predicted molar refractivity (Wildman–Crippen MR) is 62.1 cm³/mol. The minimum absolute atomic E-state index is 0.355. The van der Waals surface area contributed by atoms with E-state index in [0.717, 1.165) is 4.34 Å². The molecule has 0 saturated carbocycles. The summed E-state index contributed by atoms with van der Waals surface area (Å²) in [7, 11) is 0. The van der Waals surface area contributed by atoms with Gasteiger partial charge in [0.2, 0.25) is 0 Å². The van der Waals surface area contributed by atoms with E-state index in [9.17, 15) is 4.79 Å². The van der Waals surface area contributed by atoms with Crippen LogP contribution in [0.1, 0.15) is 13.8 Å². The highest BCUT2D eigenvalue weighted by Crippen LogP contribution is 2.23. The minimum atomic E-state index is -0.952. The lowest BCUT2D eigenvalue weighted by molar-refractivity contribution is -0.148. The number of carbonyl (C=O) groups excluding carboxylic acids is 1. The van der Waals surface area contributed by atoms with E-state index in [1.165, 1.54) is 23.1 Å². The molecule has 1 aromatic heterocycles. The molecule has 0 aromatic carbocycles. The molecule has 6 heteroatoms. The van der Waals surface area contributed by atoms with Crippen LogP contribution < -0.4 is 5.73 Å². The topological polar surface area (TPSA) is 65.2 Å². The number of thiazole rings is 1. The number of hydrogen-bond acceptors (Lipinski definition) is 6. The largest absolute Gasteiger partial charge is 0.465 e. The van der Waals surface area contributed by atoms with Gasteiger partial charge < -0.3 is 10.5 Å². The Labute approximate surface area is 97.2 Å². The summed E-state index contributed by atoms with van der Waals surface area (Å²) in [5.41, 5.74) is 4.89. The smallest absolute Gasteiger partial charge is 0.326 e. The number of nitrogens with zero attached hydrogens (tertiary/aromatic N) is 1. The van der Waals surface area contributed by atoms with E-state index in [4.69, 9.17) is 10.5 Å². The van der Waals surface area contributed by atoms with E-state index in [2.05, 4.69) is 4.98 Å². The molecule has 15 heavy (non-hydrogen) atoms. The van der Waals surface area contributed by atoms with Crippen molar-refractivity contribution in [2.45, 2.75) is 23.7 Å². The Morgan fingerprint density at radius 3 is 3.07 bits per heavy atom. The lowest BCUT2D eigenvalue weighted by Gasteiger charge is -2.20. The first kappa shape index (κ1) is 12.5.